The number of nitrogens with zero attached hydrogens (tertiary/aromatic N) is 1. The standard InChI is InChI=1S/C9H16N2O3/c1-14-6-8(12)11-4-2-3-7(5-11)9(10)13/h7H,2-6H2,1H3,(H2,10,13)/t7-/m1/s1. The van der Waals surface area contributed by atoms with Gasteiger partial charge in [-0.3, -0.25) is 9.59 Å². The molecule has 1 fully saturated rings. The normalized spacial score (nSPS) is 22.1. The minimum Gasteiger partial charge on any atom is -0.375 e. The summed E-state index contributed by atoms with van der Waals surface area (Å²) in [5.74, 6) is -0.581. The monoisotopic (exact) mass is 200 g/mol. The molecule has 1 aliphatic rings. The van der Waals surface area contributed by atoms with E-state index in [9.17, 15) is 9.59 Å². The van der Waals surface area contributed by atoms with Gasteiger partial charge in [0.1, 0.15) is 6.61 Å². The fourth-order valence-corrected chi connectivity index (χ4v) is 1.65. The number of amides is 2. The Balaban J connectivity index is 2.47. The lowest BCUT2D eigenvalue weighted by atomic mass is 9.97. The molecule has 2 N–H and O–H groups in total. The first-order chi connectivity index (χ1) is 6.65. The lowest BCUT2D eigenvalue weighted by Gasteiger charge is -2.30. The largest absolute Gasteiger partial charge is 0.375 e. The smallest absolute Gasteiger partial charge is 0.248 e. The van der Waals surface area contributed by atoms with Gasteiger partial charge in [-0.05, 0) is 12.8 Å². The van der Waals surface area contributed by atoms with Crippen LogP contribution >= 0.6 is 0 Å². The molecule has 1 aliphatic heterocycles. The van der Waals surface area contributed by atoms with Crippen molar-refractivity contribution in [2.45, 2.75) is 12.8 Å². The zero-order valence-corrected chi connectivity index (χ0v) is 8.36. The maximum atomic E-state index is 11.4. The first-order valence-electron chi connectivity index (χ1n) is 4.71. The van der Waals surface area contributed by atoms with Crippen LogP contribution in [0.25, 0.3) is 0 Å². The molecule has 0 bridgehead atoms. The molecular weight excluding hydrogens is 184 g/mol. The summed E-state index contributed by atoms with van der Waals surface area (Å²) in [7, 11) is 1.48. The van der Waals surface area contributed by atoms with Crippen molar-refractivity contribution < 1.29 is 14.3 Å². The lowest BCUT2D eigenvalue weighted by Crippen LogP contribution is -2.45. The summed E-state index contributed by atoms with van der Waals surface area (Å²) in [5.41, 5.74) is 5.20. The molecule has 5 nitrogen and oxygen atoms in total. The third-order valence-corrected chi connectivity index (χ3v) is 2.44. The lowest BCUT2D eigenvalue weighted by molar-refractivity contribution is -0.138. The highest BCUT2D eigenvalue weighted by Crippen LogP contribution is 2.15. The summed E-state index contributed by atoms with van der Waals surface area (Å²) in [4.78, 5) is 24.0. The number of rotatable bonds is 3. The number of carbonyl (C=O) groups is 2. The van der Waals surface area contributed by atoms with Crippen molar-refractivity contribution in [3.8, 4) is 0 Å². The highest BCUT2D eigenvalue weighted by molar-refractivity contribution is 5.80. The molecule has 5 heteroatoms. The third kappa shape index (κ3) is 2.70. The van der Waals surface area contributed by atoms with Gasteiger partial charge in [0, 0.05) is 20.2 Å². The first kappa shape index (κ1) is 11.0. The van der Waals surface area contributed by atoms with Crippen molar-refractivity contribution in [3.05, 3.63) is 0 Å². The van der Waals surface area contributed by atoms with Crippen molar-refractivity contribution in [3.63, 3.8) is 0 Å². The van der Waals surface area contributed by atoms with Gasteiger partial charge in [0.15, 0.2) is 0 Å². The van der Waals surface area contributed by atoms with Gasteiger partial charge in [0.05, 0.1) is 5.92 Å². The molecule has 0 aromatic rings. The highest BCUT2D eigenvalue weighted by Gasteiger charge is 2.26. The molecule has 1 saturated heterocycles. The number of methoxy groups -OCH3 is 1. The van der Waals surface area contributed by atoms with Crippen molar-refractivity contribution in [1.82, 2.24) is 4.90 Å². The number of piperidine rings is 1. The van der Waals surface area contributed by atoms with E-state index < -0.39 is 0 Å². The number of carbonyl (C=O) groups excluding carboxylic acids is 2. The minimum atomic E-state index is -0.320. The second-order valence-corrected chi connectivity index (χ2v) is 3.51. The molecule has 0 saturated carbocycles. The van der Waals surface area contributed by atoms with E-state index in [-0.39, 0.29) is 24.3 Å². The number of primary amides is 1. The molecule has 2 amide bonds. The van der Waals surface area contributed by atoms with E-state index in [1.165, 1.54) is 7.11 Å². The molecule has 0 aromatic heterocycles. The molecule has 80 valence electrons. The maximum Gasteiger partial charge on any atom is 0.248 e. The van der Waals surface area contributed by atoms with Gasteiger partial charge in [-0.2, -0.15) is 0 Å². The van der Waals surface area contributed by atoms with Crippen molar-refractivity contribution in [1.29, 1.82) is 0 Å². The third-order valence-electron chi connectivity index (χ3n) is 2.44. The average molecular weight is 200 g/mol. The van der Waals surface area contributed by atoms with E-state index >= 15 is 0 Å². The van der Waals surface area contributed by atoms with Crippen LogP contribution in [0.3, 0.4) is 0 Å². The fraction of sp³-hybridized carbons (Fsp3) is 0.778. The second kappa shape index (κ2) is 4.95. The zero-order chi connectivity index (χ0) is 10.6. The Morgan fingerprint density at radius 2 is 2.29 bits per heavy atom. The molecule has 1 atom stereocenters. The maximum absolute atomic E-state index is 11.4. The predicted molar refractivity (Wildman–Crippen MR) is 50.4 cm³/mol. The summed E-state index contributed by atoms with van der Waals surface area (Å²) in [5, 5.41) is 0. The summed E-state index contributed by atoms with van der Waals surface area (Å²) >= 11 is 0. The van der Waals surface area contributed by atoms with Crippen LogP contribution in [-0.2, 0) is 14.3 Å². The number of hydrogen-bond acceptors (Lipinski definition) is 3. The van der Waals surface area contributed by atoms with Crippen LogP contribution in [-0.4, -0.2) is 43.5 Å². The molecule has 0 aliphatic carbocycles. The summed E-state index contributed by atoms with van der Waals surface area (Å²) in [6, 6.07) is 0. The predicted octanol–water partition coefficient (Wildman–Crippen LogP) is -0.643. The van der Waals surface area contributed by atoms with Gasteiger partial charge in [0.2, 0.25) is 11.8 Å². The molecule has 1 heterocycles. The van der Waals surface area contributed by atoms with Gasteiger partial charge in [-0.1, -0.05) is 0 Å². The molecular formula is C9H16N2O3. The van der Waals surface area contributed by atoms with Gasteiger partial charge < -0.3 is 15.4 Å². The Kier molecular flexibility index (Phi) is 3.88. The van der Waals surface area contributed by atoms with E-state index in [4.69, 9.17) is 10.5 Å². The quantitative estimate of drug-likeness (QED) is 0.658. The summed E-state index contributed by atoms with van der Waals surface area (Å²) < 4.78 is 4.75. The zero-order valence-electron chi connectivity index (χ0n) is 8.36. The van der Waals surface area contributed by atoms with Crippen LogP contribution in [0, 0.1) is 5.92 Å². The number of hydrogen-bond donors (Lipinski definition) is 1. The topological polar surface area (TPSA) is 72.6 Å². The molecule has 0 spiro atoms. The van der Waals surface area contributed by atoms with E-state index in [0.29, 0.717) is 13.1 Å². The highest BCUT2D eigenvalue weighted by atomic mass is 16.5. The van der Waals surface area contributed by atoms with Gasteiger partial charge >= 0.3 is 0 Å². The molecule has 0 aromatic carbocycles. The van der Waals surface area contributed by atoms with Crippen LogP contribution < -0.4 is 5.73 Å². The Morgan fingerprint density at radius 3 is 2.86 bits per heavy atom. The molecule has 1 rings (SSSR count). The Bertz CT molecular complexity index is 230. The van der Waals surface area contributed by atoms with E-state index in [0.717, 1.165) is 12.8 Å². The first-order valence-corrected chi connectivity index (χ1v) is 4.71. The summed E-state index contributed by atoms with van der Waals surface area (Å²) in [6.45, 7) is 1.22. The van der Waals surface area contributed by atoms with Crippen LogP contribution in [0.5, 0.6) is 0 Å². The molecule has 14 heavy (non-hydrogen) atoms. The van der Waals surface area contributed by atoms with Crippen molar-refractivity contribution >= 4 is 11.8 Å². The Hall–Kier alpha value is -1.10. The second-order valence-electron chi connectivity index (χ2n) is 3.51. The number of nitrogens with two attached hydrogens (primary N) is 1. The van der Waals surface area contributed by atoms with Gasteiger partial charge in [-0.15, -0.1) is 0 Å². The van der Waals surface area contributed by atoms with Crippen LogP contribution in [0.2, 0.25) is 0 Å². The van der Waals surface area contributed by atoms with Crippen LogP contribution in [0.15, 0.2) is 0 Å². The Labute approximate surface area is 83.2 Å². The Morgan fingerprint density at radius 1 is 1.57 bits per heavy atom. The van der Waals surface area contributed by atoms with Crippen LogP contribution in [0.4, 0.5) is 0 Å². The minimum absolute atomic E-state index is 0.0709. The number of ether oxygens (including phenoxy) is 1. The summed E-state index contributed by atoms with van der Waals surface area (Å²) in [6.07, 6.45) is 1.62. The number of likely N-dealkylation sites (tertiary alicyclic amines) is 1. The van der Waals surface area contributed by atoms with Crippen LogP contribution in [0.1, 0.15) is 12.8 Å². The van der Waals surface area contributed by atoms with Crippen molar-refractivity contribution in [2.75, 3.05) is 26.8 Å². The fourth-order valence-electron chi connectivity index (χ4n) is 1.65. The van der Waals surface area contributed by atoms with E-state index in [1.807, 2.05) is 0 Å². The molecule has 0 unspecified atom stereocenters. The van der Waals surface area contributed by atoms with Crippen molar-refractivity contribution in [2.24, 2.45) is 11.7 Å². The van der Waals surface area contributed by atoms with Gasteiger partial charge in [-0.25, -0.2) is 0 Å². The average Bonchev–Trinajstić information content (AvgIpc) is 2.18. The molecule has 0 radical (unpaired) electrons. The van der Waals surface area contributed by atoms with E-state index in [1.54, 1.807) is 4.90 Å². The van der Waals surface area contributed by atoms with Gasteiger partial charge in [0.25, 0.3) is 0 Å². The van der Waals surface area contributed by atoms with E-state index in [2.05, 4.69) is 0 Å². The SMILES string of the molecule is COCC(=O)N1CCC[C@@H](C(N)=O)C1.